The number of hydroxylamine groups is 1. The van der Waals surface area contributed by atoms with E-state index in [0.717, 1.165) is 25.7 Å². The Kier molecular flexibility index (Phi) is 24.1. The first-order valence-electron chi connectivity index (χ1n) is 10.0. The average molecular weight is 384 g/mol. The molecule has 0 heterocycles. The van der Waals surface area contributed by atoms with Gasteiger partial charge in [0, 0.05) is 6.54 Å². The van der Waals surface area contributed by atoms with Crippen LogP contribution in [-0.2, 0) is 13.6 Å². The van der Waals surface area contributed by atoms with Crippen LogP contribution in [-0.4, -0.2) is 29.9 Å². The lowest BCUT2D eigenvalue weighted by molar-refractivity contribution is 0.145. The summed E-state index contributed by atoms with van der Waals surface area (Å²) in [7, 11) is -3.82. The summed E-state index contributed by atoms with van der Waals surface area (Å²) < 4.78 is 21.5. The maximum atomic E-state index is 11.6. The van der Waals surface area contributed by atoms with Crippen LogP contribution in [0.4, 0.5) is 0 Å². The highest BCUT2D eigenvalue weighted by molar-refractivity contribution is 7.47. The summed E-state index contributed by atoms with van der Waals surface area (Å²) in [5.74, 6) is 0. The molecule has 0 aliphatic heterocycles. The number of hydrogen-bond acceptors (Lipinski definition) is 5. The zero-order valence-electron chi connectivity index (χ0n) is 16.7. The van der Waals surface area contributed by atoms with Crippen molar-refractivity contribution in [3.8, 4) is 0 Å². The van der Waals surface area contributed by atoms with Gasteiger partial charge in [-0.15, -0.1) is 0 Å². The minimum Gasteiger partial charge on any atom is -0.317 e. The number of nitrogens with one attached hydrogen (secondary N) is 1. The number of unbranched alkanes of at least 4 members (excludes halogenated alkanes) is 10. The van der Waals surface area contributed by atoms with E-state index in [9.17, 15) is 9.46 Å². The van der Waals surface area contributed by atoms with Crippen LogP contribution in [0.3, 0.4) is 0 Å². The summed E-state index contributed by atoms with van der Waals surface area (Å²) in [6.07, 6.45) is 13.6. The standard InChI is InChI=1S/C16H35O4P.C2H7NO/c1-3-5-7-9-11-13-15-19-21(17,18)20-16-14-12-10-8-6-4-2;1-2-3-4/h3-16H2,1-2H3,(H,17,18);3-4H,2H2,1H3. The van der Waals surface area contributed by atoms with Crippen LogP contribution >= 0.6 is 7.82 Å². The van der Waals surface area contributed by atoms with Crippen LogP contribution < -0.4 is 5.48 Å². The van der Waals surface area contributed by atoms with Crippen molar-refractivity contribution in [1.29, 1.82) is 0 Å². The summed E-state index contributed by atoms with van der Waals surface area (Å²) in [6, 6.07) is 0. The molecule has 154 valence electrons. The van der Waals surface area contributed by atoms with Crippen LogP contribution in [0, 0.1) is 0 Å². The van der Waals surface area contributed by atoms with Crippen molar-refractivity contribution in [3.05, 3.63) is 0 Å². The Morgan fingerprint density at radius 1 is 0.720 bits per heavy atom. The third kappa shape index (κ3) is 26.4. The molecule has 0 saturated carbocycles. The first-order chi connectivity index (χ1) is 12.0. The third-order valence-corrected chi connectivity index (χ3v) is 4.68. The molecule has 0 aliphatic carbocycles. The number of hydrogen-bond donors (Lipinski definition) is 3. The van der Waals surface area contributed by atoms with Gasteiger partial charge in [-0.25, -0.2) is 10.0 Å². The smallest absolute Gasteiger partial charge is 0.317 e. The highest BCUT2D eigenvalue weighted by Gasteiger charge is 2.19. The number of rotatable bonds is 17. The molecule has 0 unspecified atom stereocenters. The van der Waals surface area contributed by atoms with Gasteiger partial charge in [-0.2, -0.15) is 0 Å². The minimum absolute atomic E-state index is 0.316. The van der Waals surface area contributed by atoms with E-state index in [2.05, 4.69) is 13.8 Å². The Hall–Kier alpha value is 0.0300. The van der Waals surface area contributed by atoms with E-state index in [1.165, 1.54) is 51.4 Å². The van der Waals surface area contributed by atoms with Gasteiger partial charge >= 0.3 is 7.82 Å². The van der Waals surface area contributed by atoms with Crippen molar-refractivity contribution in [2.75, 3.05) is 19.8 Å². The molecule has 7 heteroatoms. The lowest BCUT2D eigenvalue weighted by Crippen LogP contribution is -2.02. The maximum Gasteiger partial charge on any atom is 0.472 e. The average Bonchev–Trinajstić information content (AvgIpc) is 2.60. The van der Waals surface area contributed by atoms with Crippen molar-refractivity contribution in [3.63, 3.8) is 0 Å². The highest BCUT2D eigenvalue weighted by Crippen LogP contribution is 2.43. The quantitative estimate of drug-likeness (QED) is 0.166. The van der Waals surface area contributed by atoms with Crippen molar-refractivity contribution in [1.82, 2.24) is 5.48 Å². The lowest BCUT2D eigenvalue weighted by Gasteiger charge is -2.12. The Bertz CT molecular complexity index is 269. The van der Waals surface area contributed by atoms with Gasteiger partial charge in [0.2, 0.25) is 0 Å². The van der Waals surface area contributed by atoms with E-state index < -0.39 is 7.82 Å². The fraction of sp³-hybridized carbons (Fsp3) is 1.00. The fourth-order valence-corrected chi connectivity index (χ4v) is 2.96. The Morgan fingerprint density at radius 3 is 1.36 bits per heavy atom. The molecule has 0 aromatic heterocycles. The molecule has 6 nitrogen and oxygen atoms in total. The van der Waals surface area contributed by atoms with E-state index in [1.807, 2.05) is 12.4 Å². The Labute approximate surface area is 155 Å². The number of phosphoric acid groups is 1. The van der Waals surface area contributed by atoms with E-state index in [1.54, 1.807) is 0 Å². The maximum absolute atomic E-state index is 11.6. The molecular weight excluding hydrogens is 341 g/mol. The van der Waals surface area contributed by atoms with Gasteiger partial charge in [0.05, 0.1) is 13.2 Å². The van der Waals surface area contributed by atoms with E-state index in [4.69, 9.17) is 14.3 Å². The van der Waals surface area contributed by atoms with E-state index in [-0.39, 0.29) is 0 Å². The zero-order valence-corrected chi connectivity index (χ0v) is 17.6. The molecule has 0 saturated heterocycles. The predicted octanol–water partition coefficient (Wildman–Crippen LogP) is 5.83. The van der Waals surface area contributed by atoms with Crippen molar-refractivity contribution >= 4 is 7.82 Å². The van der Waals surface area contributed by atoms with Gasteiger partial charge < -0.3 is 10.1 Å². The molecule has 0 spiro atoms. The SMILES string of the molecule is CCCCCCCCOP(=O)(O)OCCCCCCCC.CCNO. The summed E-state index contributed by atoms with van der Waals surface area (Å²) in [5, 5.41) is 7.62. The van der Waals surface area contributed by atoms with Crippen molar-refractivity contribution in [2.24, 2.45) is 0 Å². The molecule has 0 amide bonds. The van der Waals surface area contributed by atoms with Crippen LogP contribution in [0.1, 0.15) is 97.8 Å². The van der Waals surface area contributed by atoms with Gasteiger partial charge in [-0.05, 0) is 12.8 Å². The van der Waals surface area contributed by atoms with E-state index in [0.29, 0.717) is 19.8 Å². The molecule has 0 radical (unpaired) electrons. The van der Waals surface area contributed by atoms with Crippen LogP contribution in [0.5, 0.6) is 0 Å². The normalized spacial score (nSPS) is 11.2. The Balaban J connectivity index is 0. The molecule has 0 bridgehead atoms. The third-order valence-electron chi connectivity index (χ3n) is 3.66. The molecule has 0 atom stereocenters. The largest absolute Gasteiger partial charge is 0.472 e. The predicted molar refractivity (Wildman–Crippen MR) is 104 cm³/mol. The zero-order chi connectivity index (χ0) is 19.2. The summed E-state index contributed by atoms with van der Waals surface area (Å²) >= 11 is 0. The first-order valence-corrected chi connectivity index (χ1v) is 11.5. The molecule has 0 aliphatic rings. The lowest BCUT2D eigenvalue weighted by atomic mass is 10.1. The summed E-state index contributed by atoms with van der Waals surface area (Å²) in [4.78, 5) is 9.51. The minimum atomic E-state index is -3.82. The molecule has 3 N–H and O–H groups in total. The monoisotopic (exact) mass is 383 g/mol. The molecule has 0 aromatic carbocycles. The van der Waals surface area contributed by atoms with Crippen LogP contribution in [0.2, 0.25) is 0 Å². The topological polar surface area (TPSA) is 88.0 Å². The van der Waals surface area contributed by atoms with Gasteiger partial charge in [0.15, 0.2) is 0 Å². The molecule has 0 fully saturated rings. The van der Waals surface area contributed by atoms with Gasteiger partial charge in [0.25, 0.3) is 0 Å². The van der Waals surface area contributed by atoms with Crippen LogP contribution in [0.15, 0.2) is 0 Å². The molecule has 0 rings (SSSR count). The second-order valence-corrected chi connectivity index (χ2v) is 7.64. The van der Waals surface area contributed by atoms with Crippen molar-refractivity contribution in [2.45, 2.75) is 97.8 Å². The van der Waals surface area contributed by atoms with Gasteiger partial charge in [-0.3, -0.25) is 9.05 Å². The molecule has 0 aromatic rings. The summed E-state index contributed by atoms with van der Waals surface area (Å²) in [5.41, 5.74) is 1.93. The first kappa shape index (κ1) is 27.3. The van der Waals surface area contributed by atoms with Crippen LogP contribution in [0.25, 0.3) is 0 Å². The summed E-state index contributed by atoms with van der Waals surface area (Å²) in [6.45, 7) is 7.45. The Morgan fingerprint density at radius 2 is 1.04 bits per heavy atom. The van der Waals surface area contributed by atoms with Gasteiger partial charge in [0.1, 0.15) is 0 Å². The second-order valence-electron chi connectivity index (χ2n) is 6.18. The number of phosphoric ester groups is 1. The fourth-order valence-electron chi connectivity index (χ4n) is 2.16. The second kappa shape index (κ2) is 22.1. The highest BCUT2D eigenvalue weighted by atomic mass is 31.2. The van der Waals surface area contributed by atoms with Crippen molar-refractivity contribution < 1.29 is 23.7 Å². The molecular formula is C18H42NO5P. The van der Waals surface area contributed by atoms with E-state index >= 15 is 0 Å². The van der Waals surface area contributed by atoms with Gasteiger partial charge in [-0.1, -0.05) is 85.0 Å². The molecule has 25 heavy (non-hydrogen) atoms.